The van der Waals surface area contributed by atoms with Gasteiger partial charge < -0.3 is 10.2 Å². The number of fused-ring (bicyclic) bond motifs is 1. The Morgan fingerprint density at radius 1 is 1.22 bits per heavy atom. The minimum atomic E-state index is -0.768. The minimum absolute atomic E-state index is 0.126. The number of carbonyl (C=O) groups excluding carboxylic acids is 2. The highest BCUT2D eigenvalue weighted by Gasteiger charge is 2.43. The zero-order chi connectivity index (χ0) is 16.6. The van der Waals surface area contributed by atoms with Crippen molar-refractivity contribution in [1.29, 1.82) is 0 Å². The molecule has 124 valence electrons. The van der Waals surface area contributed by atoms with Gasteiger partial charge in [0.05, 0.1) is 0 Å². The second-order valence-electron chi connectivity index (χ2n) is 7.18. The first-order chi connectivity index (χ1) is 10.9. The summed E-state index contributed by atoms with van der Waals surface area (Å²) in [6, 6.07) is 8.86. The molecule has 0 atom stereocenters. The summed E-state index contributed by atoms with van der Waals surface area (Å²) in [5, 5.41) is 2.72. The molecule has 0 saturated carbocycles. The predicted molar refractivity (Wildman–Crippen MR) is 89.2 cm³/mol. The fourth-order valence-corrected chi connectivity index (χ4v) is 3.53. The van der Waals surface area contributed by atoms with Crippen molar-refractivity contribution in [2.24, 2.45) is 0 Å². The van der Waals surface area contributed by atoms with Gasteiger partial charge in [-0.25, -0.2) is 4.79 Å². The van der Waals surface area contributed by atoms with Crippen molar-refractivity contribution in [1.82, 2.24) is 15.1 Å². The van der Waals surface area contributed by atoms with E-state index in [4.69, 9.17) is 0 Å². The smallest absolute Gasteiger partial charge is 0.324 e. The Hall–Kier alpha value is -1.88. The van der Waals surface area contributed by atoms with Crippen LogP contribution in [0.4, 0.5) is 4.79 Å². The highest BCUT2D eigenvalue weighted by Crippen LogP contribution is 2.25. The Kier molecular flexibility index (Phi) is 4.15. The van der Waals surface area contributed by atoms with E-state index < -0.39 is 5.54 Å². The van der Waals surface area contributed by atoms with Crippen molar-refractivity contribution in [2.75, 3.05) is 20.1 Å². The van der Waals surface area contributed by atoms with Gasteiger partial charge in [-0.2, -0.15) is 0 Å². The zero-order valence-corrected chi connectivity index (χ0v) is 14.1. The summed E-state index contributed by atoms with van der Waals surface area (Å²) in [6.07, 6.45) is 2.98. The maximum Gasteiger partial charge on any atom is 0.325 e. The van der Waals surface area contributed by atoms with Gasteiger partial charge in [-0.05, 0) is 57.8 Å². The molecule has 0 bridgehead atoms. The van der Waals surface area contributed by atoms with E-state index >= 15 is 0 Å². The number of likely N-dealkylation sites (N-methyl/N-ethyl adjacent to an activating group) is 1. The molecule has 2 aliphatic rings. The number of hydrogen-bond donors (Lipinski definition) is 1. The van der Waals surface area contributed by atoms with E-state index in [-0.39, 0.29) is 11.9 Å². The average Bonchev–Trinajstić information content (AvgIpc) is 3.01. The Morgan fingerprint density at radius 3 is 2.35 bits per heavy atom. The van der Waals surface area contributed by atoms with Crippen LogP contribution in [0.15, 0.2) is 24.3 Å². The van der Waals surface area contributed by atoms with Crippen molar-refractivity contribution in [3.8, 4) is 0 Å². The van der Waals surface area contributed by atoms with E-state index in [1.807, 2.05) is 0 Å². The third-order valence-corrected chi connectivity index (χ3v) is 4.99. The van der Waals surface area contributed by atoms with Crippen molar-refractivity contribution in [3.05, 3.63) is 35.4 Å². The van der Waals surface area contributed by atoms with Crippen molar-refractivity contribution >= 4 is 11.9 Å². The third-order valence-electron chi connectivity index (χ3n) is 4.99. The van der Waals surface area contributed by atoms with Crippen molar-refractivity contribution < 1.29 is 9.59 Å². The molecule has 1 aromatic carbocycles. The summed E-state index contributed by atoms with van der Waals surface area (Å²) < 4.78 is 0. The van der Waals surface area contributed by atoms with Crippen molar-refractivity contribution in [3.63, 3.8) is 0 Å². The summed E-state index contributed by atoms with van der Waals surface area (Å²) in [4.78, 5) is 27.7. The lowest BCUT2D eigenvalue weighted by Crippen LogP contribution is -2.40. The Labute approximate surface area is 137 Å². The van der Waals surface area contributed by atoms with Gasteiger partial charge in [0, 0.05) is 12.6 Å². The maximum absolute atomic E-state index is 12.1. The van der Waals surface area contributed by atoms with Gasteiger partial charge in [0.2, 0.25) is 0 Å². The number of hydrogen-bond acceptors (Lipinski definition) is 3. The van der Waals surface area contributed by atoms with Gasteiger partial charge in [0.1, 0.15) is 5.54 Å². The van der Waals surface area contributed by atoms with Crippen LogP contribution in [0.3, 0.4) is 0 Å². The quantitative estimate of drug-likeness (QED) is 0.843. The Balaban J connectivity index is 1.48. The van der Waals surface area contributed by atoms with Gasteiger partial charge >= 0.3 is 6.03 Å². The van der Waals surface area contributed by atoms with Gasteiger partial charge in [0.25, 0.3) is 5.91 Å². The van der Waals surface area contributed by atoms with Crippen LogP contribution in [0, 0.1) is 0 Å². The molecule has 3 rings (SSSR count). The summed E-state index contributed by atoms with van der Waals surface area (Å²) >= 11 is 0. The van der Waals surface area contributed by atoms with E-state index in [0.29, 0.717) is 12.6 Å². The molecule has 1 fully saturated rings. The molecule has 5 heteroatoms. The molecule has 0 spiro atoms. The molecule has 23 heavy (non-hydrogen) atoms. The van der Waals surface area contributed by atoms with Crippen LogP contribution in [0.1, 0.15) is 31.4 Å². The molecule has 5 nitrogen and oxygen atoms in total. The topological polar surface area (TPSA) is 52.6 Å². The summed E-state index contributed by atoms with van der Waals surface area (Å²) in [6.45, 7) is 4.86. The van der Waals surface area contributed by atoms with Crippen molar-refractivity contribution in [2.45, 2.75) is 44.7 Å². The SMILES string of the molecule is CN(CCCN1C(=O)NC(C)(C)C1=O)C1Cc2ccccc2C1. The monoisotopic (exact) mass is 315 g/mol. The number of imide groups is 1. The normalized spacial score (nSPS) is 20.3. The van der Waals surface area contributed by atoms with Gasteiger partial charge in [-0.15, -0.1) is 0 Å². The van der Waals surface area contributed by atoms with Gasteiger partial charge in [0.15, 0.2) is 0 Å². The number of rotatable bonds is 5. The van der Waals surface area contributed by atoms with Gasteiger partial charge in [-0.3, -0.25) is 9.69 Å². The lowest BCUT2D eigenvalue weighted by Gasteiger charge is -2.25. The number of nitrogens with one attached hydrogen (secondary N) is 1. The highest BCUT2D eigenvalue weighted by molar-refractivity contribution is 6.06. The third kappa shape index (κ3) is 3.11. The lowest BCUT2D eigenvalue weighted by molar-refractivity contribution is -0.130. The number of benzene rings is 1. The molecule has 3 amide bonds. The van der Waals surface area contributed by atoms with Crippen LogP contribution in [-0.2, 0) is 17.6 Å². The van der Waals surface area contributed by atoms with E-state index in [9.17, 15) is 9.59 Å². The van der Waals surface area contributed by atoms with E-state index in [1.165, 1.54) is 16.0 Å². The lowest BCUT2D eigenvalue weighted by atomic mass is 10.1. The van der Waals surface area contributed by atoms with E-state index in [2.05, 4.69) is 41.5 Å². The van der Waals surface area contributed by atoms with Crippen LogP contribution in [-0.4, -0.2) is 53.5 Å². The molecule has 1 aliphatic heterocycles. The first-order valence-corrected chi connectivity index (χ1v) is 8.29. The molecule has 1 aromatic rings. The summed E-state index contributed by atoms with van der Waals surface area (Å²) in [5.41, 5.74) is 2.12. The average molecular weight is 315 g/mol. The molecule has 1 N–H and O–H groups in total. The highest BCUT2D eigenvalue weighted by atomic mass is 16.2. The summed E-state index contributed by atoms with van der Waals surface area (Å²) in [5.74, 6) is -0.126. The van der Waals surface area contributed by atoms with Crippen LogP contribution < -0.4 is 5.32 Å². The Morgan fingerprint density at radius 2 is 1.83 bits per heavy atom. The van der Waals surface area contributed by atoms with Crippen LogP contribution >= 0.6 is 0 Å². The molecule has 1 saturated heterocycles. The van der Waals surface area contributed by atoms with Crippen LogP contribution in [0.2, 0.25) is 0 Å². The largest absolute Gasteiger partial charge is 0.325 e. The first kappa shape index (κ1) is 16.0. The molecule has 1 heterocycles. The second-order valence-corrected chi connectivity index (χ2v) is 7.18. The fourth-order valence-electron chi connectivity index (χ4n) is 3.53. The minimum Gasteiger partial charge on any atom is -0.324 e. The van der Waals surface area contributed by atoms with Gasteiger partial charge in [-0.1, -0.05) is 24.3 Å². The number of nitrogens with zero attached hydrogens (tertiary/aromatic N) is 2. The zero-order valence-electron chi connectivity index (χ0n) is 14.1. The maximum atomic E-state index is 12.1. The van der Waals surface area contributed by atoms with E-state index in [1.54, 1.807) is 13.8 Å². The number of carbonyl (C=O) groups is 2. The molecule has 0 radical (unpaired) electrons. The first-order valence-electron chi connectivity index (χ1n) is 8.29. The molecule has 0 unspecified atom stereocenters. The number of urea groups is 1. The van der Waals surface area contributed by atoms with Crippen LogP contribution in [0.5, 0.6) is 0 Å². The van der Waals surface area contributed by atoms with Crippen LogP contribution in [0.25, 0.3) is 0 Å². The molecular weight excluding hydrogens is 290 g/mol. The van der Waals surface area contributed by atoms with E-state index in [0.717, 1.165) is 25.8 Å². The molecule has 1 aliphatic carbocycles. The Bertz CT molecular complexity index is 601. The fraction of sp³-hybridized carbons (Fsp3) is 0.556. The number of amides is 3. The summed E-state index contributed by atoms with van der Waals surface area (Å²) in [7, 11) is 2.13. The standard InChI is InChI=1S/C18H25N3O2/c1-18(2)16(22)21(17(23)19-18)10-6-9-20(3)15-11-13-7-4-5-8-14(13)12-15/h4-5,7-8,15H,6,9-12H2,1-3H3,(H,19,23). The predicted octanol–water partition coefficient (Wildman–Crippen LogP) is 1.81. The molecule has 0 aromatic heterocycles. The molecular formula is C18H25N3O2. The second kappa shape index (κ2) is 5.96.